The first-order chi connectivity index (χ1) is 10.1. The summed E-state index contributed by atoms with van der Waals surface area (Å²) in [7, 11) is 0. The molecule has 0 aliphatic carbocycles. The zero-order chi connectivity index (χ0) is 15.2. The van der Waals surface area contributed by atoms with Gasteiger partial charge in [-0.2, -0.15) is 0 Å². The second-order valence-corrected chi connectivity index (χ2v) is 6.09. The molecule has 21 heavy (non-hydrogen) atoms. The van der Waals surface area contributed by atoms with E-state index in [0.717, 1.165) is 34.9 Å². The van der Waals surface area contributed by atoms with Crippen molar-refractivity contribution in [1.82, 2.24) is 4.98 Å². The van der Waals surface area contributed by atoms with E-state index in [-0.39, 0.29) is 0 Å². The van der Waals surface area contributed by atoms with E-state index in [9.17, 15) is 4.79 Å². The number of thioether (sulfide) groups is 1. The second-order valence-electron chi connectivity index (χ2n) is 4.66. The van der Waals surface area contributed by atoms with Gasteiger partial charge in [0, 0.05) is 16.5 Å². The normalized spacial score (nSPS) is 10.6. The number of pyridine rings is 1. The predicted octanol–water partition coefficient (Wildman–Crippen LogP) is 4.68. The molecule has 2 aromatic rings. The molecule has 0 bridgehead atoms. The molecule has 5 heteroatoms. The van der Waals surface area contributed by atoms with Crippen molar-refractivity contribution < 1.29 is 9.90 Å². The molecule has 3 nitrogen and oxygen atoms in total. The minimum absolute atomic E-state index is 0.298. The maximum atomic E-state index is 11.2. The minimum Gasteiger partial charge on any atom is -0.478 e. The number of benzene rings is 1. The topological polar surface area (TPSA) is 50.2 Å². The van der Waals surface area contributed by atoms with Gasteiger partial charge in [-0.05, 0) is 36.2 Å². The standard InChI is InChI=1S/C16H16ClNO2S/c1-2-3-14-8-12(16(19)20)9-15(18-14)21-10-11-4-6-13(17)7-5-11/h4-9H,2-3,10H2,1H3,(H,19,20). The van der Waals surface area contributed by atoms with Crippen LogP contribution >= 0.6 is 23.4 Å². The van der Waals surface area contributed by atoms with E-state index in [1.165, 1.54) is 11.8 Å². The molecule has 0 saturated carbocycles. The van der Waals surface area contributed by atoms with Crippen molar-refractivity contribution in [3.8, 4) is 0 Å². The second kappa shape index (κ2) is 7.48. The van der Waals surface area contributed by atoms with Gasteiger partial charge < -0.3 is 5.11 Å². The summed E-state index contributed by atoms with van der Waals surface area (Å²) in [6, 6.07) is 10.9. The van der Waals surface area contributed by atoms with Crippen LogP contribution in [0.25, 0.3) is 0 Å². The van der Waals surface area contributed by atoms with Gasteiger partial charge in [0.1, 0.15) is 0 Å². The average Bonchev–Trinajstić information content (AvgIpc) is 2.47. The Bertz CT molecular complexity index is 629. The Balaban J connectivity index is 2.14. The van der Waals surface area contributed by atoms with Crippen LogP contribution in [0.4, 0.5) is 0 Å². The number of aromatic nitrogens is 1. The molecule has 0 aliphatic rings. The Morgan fingerprint density at radius 3 is 2.62 bits per heavy atom. The molecule has 0 saturated heterocycles. The third kappa shape index (κ3) is 4.76. The molecular weight excluding hydrogens is 306 g/mol. The van der Waals surface area contributed by atoms with E-state index in [1.807, 2.05) is 24.3 Å². The summed E-state index contributed by atoms with van der Waals surface area (Å²) in [6.45, 7) is 2.05. The zero-order valence-electron chi connectivity index (χ0n) is 11.7. The van der Waals surface area contributed by atoms with E-state index < -0.39 is 5.97 Å². The monoisotopic (exact) mass is 321 g/mol. The molecular formula is C16H16ClNO2S. The first kappa shape index (κ1) is 15.9. The third-order valence-corrected chi connectivity index (χ3v) is 4.14. The molecule has 0 radical (unpaired) electrons. The molecule has 1 aromatic carbocycles. The molecule has 0 unspecified atom stereocenters. The van der Waals surface area contributed by atoms with Gasteiger partial charge in [-0.1, -0.05) is 37.1 Å². The first-order valence-electron chi connectivity index (χ1n) is 6.70. The van der Waals surface area contributed by atoms with Crippen LogP contribution in [0.3, 0.4) is 0 Å². The van der Waals surface area contributed by atoms with Crippen molar-refractivity contribution >= 4 is 29.3 Å². The molecule has 0 fully saturated rings. The van der Waals surface area contributed by atoms with E-state index in [0.29, 0.717) is 10.6 Å². The highest BCUT2D eigenvalue weighted by atomic mass is 35.5. The van der Waals surface area contributed by atoms with Gasteiger partial charge in [0.15, 0.2) is 0 Å². The summed E-state index contributed by atoms with van der Waals surface area (Å²) in [5.41, 5.74) is 2.26. The van der Waals surface area contributed by atoms with Gasteiger partial charge in [-0.3, -0.25) is 0 Å². The number of nitrogens with zero attached hydrogens (tertiary/aromatic N) is 1. The molecule has 2 rings (SSSR count). The summed E-state index contributed by atoms with van der Waals surface area (Å²) < 4.78 is 0. The maximum absolute atomic E-state index is 11.2. The van der Waals surface area contributed by atoms with Crippen molar-refractivity contribution in [2.45, 2.75) is 30.5 Å². The number of rotatable bonds is 6. The number of aryl methyl sites for hydroxylation is 1. The number of hydrogen-bond donors (Lipinski definition) is 1. The summed E-state index contributed by atoms with van der Waals surface area (Å²) in [5, 5.41) is 10.6. The average molecular weight is 322 g/mol. The van der Waals surface area contributed by atoms with Crippen LogP contribution in [0.2, 0.25) is 5.02 Å². The third-order valence-electron chi connectivity index (χ3n) is 2.91. The number of carbonyl (C=O) groups is 1. The molecule has 1 N–H and O–H groups in total. The lowest BCUT2D eigenvalue weighted by molar-refractivity contribution is 0.0696. The van der Waals surface area contributed by atoms with Crippen molar-refractivity contribution in [3.63, 3.8) is 0 Å². The van der Waals surface area contributed by atoms with Crippen LogP contribution < -0.4 is 0 Å². The van der Waals surface area contributed by atoms with Crippen molar-refractivity contribution in [3.05, 3.63) is 58.2 Å². The number of carboxylic acid groups (broad SMARTS) is 1. The smallest absolute Gasteiger partial charge is 0.335 e. The lowest BCUT2D eigenvalue weighted by atomic mass is 10.2. The highest BCUT2D eigenvalue weighted by Crippen LogP contribution is 2.24. The van der Waals surface area contributed by atoms with Crippen molar-refractivity contribution in [2.75, 3.05) is 0 Å². The lowest BCUT2D eigenvalue weighted by Gasteiger charge is -2.06. The number of carboxylic acids is 1. The van der Waals surface area contributed by atoms with Crippen LogP contribution in [-0.2, 0) is 12.2 Å². The Hall–Kier alpha value is -1.52. The van der Waals surface area contributed by atoms with Crippen LogP contribution in [0.5, 0.6) is 0 Å². The van der Waals surface area contributed by atoms with Crippen LogP contribution in [0.1, 0.15) is 35.0 Å². The molecule has 0 spiro atoms. The highest BCUT2D eigenvalue weighted by Gasteiger charge is 2.09. The van der Waals surface area contributed by atoms with Gasteiger partial charge in [-0.15, -0.1) is 11.8 Å². The van der Waals surface area contributed by atoms with Crippen molar-refractivity contribution in [1.29, 1.82) is 0 Å². The minimum atomic E-state index is -0.914. The molecule has 110 valence electrons. The Morgan fingerprint density at radius 2 is 2.00 bits per heavy atom. The maximum Gasteiger partial charge on any atom is 0.335 e. The quantitative estimate of drug-likeness (QED) is 0.785. The first-order valence-corrected chi connectivity index (χ1v) is 8.06. The largest absolute Gasteiger partial charge is 0.478 e. The zero-order valence-corrected chi connectivity index (χ0v) is 13.2. The van der Waals surface area contributed by atoms with Crippen LogP contribution in [0.15, 0.2) is 41.4 Å². The lowest BCUT2D eigenvalue weighted by Crippen LogP contribution is -2.01. The predicted molar refractivity (Wildman–Crippen MR) is 86.2 cm³/mol. The summed E-state index contributed by atoms with van der Waals surface area (Å²) in [4.78, 5) is 15.7. The van der Waals surface area contributed by atoms with Gasteiger partial charge in [0.2, 0.25) is 0 Å². The van der Waals surface area contributed by atoms with Gasteiger partial charge >= 0.3 is 5.97 Å². The molecule has 1 heterocycles. The van der Waals surface area contributed by atoms with E-state index in [4.69, 9.17) is 16.7 Å². The summed E-state index contributed by atoms with van der Waals surface area (Å²) >= 11 is 7.39. The Labute approximate surface area is 133 Å². The summed E-state index contributed by atoms with van der Waals surface area (Å²) in [6.07, 6.45) is 1.73. The van der Waals surface area contributed by atoms with Crippen LogP contribution in [-0.4, -0.2) is 16.1 Å². The SMILES string of the molecule is CCCc1cc(C(=O)O)cc(SCc2ccc(Cl)cc2)n1. The Kier molecular flexibility index (Phi) is 5.65. The van der Waals surface area contributed by atoms with E-state index in [1.54, 1.807) is 12.1 Å². The highest BCUT2D eigenvalue weighted by molar-refractivity contribution is 7.98. The number of aromatic carboxylic acids is 1. The molecule has 0 atom stereocenters. The summed E-state index contributed by atoms with van der Waals surface area (Å²) in [5.74, 6) is -0.179. The fourth-order valence-electron chi connectivity index (χ4n) is 1.88. The van der Waals surface area contributed by atoms with E-state index >= 15 is 0 Å². The fourth-order valence-corrected chi connectivity index (χ4v) is 2.90. The van der Waals surface area contributed by atoms with E-state index in [2.05, 4.69) is 11.9 Å². The number of halogens is 1. The molecule has 1 aromatic heterocycles. The van der Waals surface area contributed by atoms with Gasteiger partial charge in [-0.25, -0.2) is 9.78 Å². The fraction of sp³-hybridized carbons (Fsp3) is 0.250. The number of hydrogen-bond acceptors (Lipinski definition) is 3. The molecule has 0 amide bonds. The Morgan fingerprint density at radius 1 is 1.29 bits per heavy atom. The van der Waals surface area contributed by atoms with Crippen molar-refractivity contribution in [2.24, 2.45) is 0 Å². The molecule has 0 aliphatic heterocycles. The van der Waals surface area contributed by atoms with Crippen LogP contribution in [0, 0.1) is 0 Å². The van der Waals surface area contributed by atoms with Gasteiger partial charge in [0.05, 0.1) is 10.6 Å². The van der Waals surface area contributed by atoms with Gasteiger partial charge in [0.25, 0.3) is 0 Å².